The summed E-state index contributed by atoms with van der Waals surface area (Å²) < 4.78 is 0. The van der Waals surface area contributed by atoms with Crippen LogP contribution in [-0.4, -0.2) is 6.04 Å². The lowest BCUT2D eigenvalue weighted by Gasteiger charge is -2.31. The van der Waals surface area contributed by atoms with Crippen LogP contribution in [0.2, 0.25) is 0 Å². The van der Waals surface area contributed by atoms with Gasteiger partial charge in [-0.1, -0.05) is 32.1 Å². The Morgan fingerprint density at radius 3 is 2.13 bits per heavy atom. The quantitative estimate of drug-likeness (QED) is 0.515. The van der Waals surface area contributed by atoms with Crippen molar-refractivity contribution in [2.75, 3.05) is 0 Å². The zero-order valence-corrected chi connectivity index (χ0v) is 9.93. The first-order valence-electron chi connectivity index (χ1n) is 6.81. The largest absolute Gasteiger partial charge is 0.271 e. The molecule has 2 rings (SSSR count). The molecule has 0 radical (unpaired) electrons. The average Bonchev–Trinajstić information content (AvgIpc) is 2.60. The van der Waals surface area contributed by atoms with Crippen LogP contribution < -0.4 is 11.3 Å². The summed E-state index contributed by atoms with van der Waals surface area (Å²) in [5.74, 6) is 5.57. The molecule has 0 bridgehead atoms. The van der Waals surface area contributed by atoms with E-state index in [2.05, 4.69) is 5.43 Å². The summed E-state index contributed by atoms with van der Waals surface area (Å²) >= 11 is 0. The minimum absolute atomic E-state index is 0.590. The molecule has 2 heteroatoms. The van der Waals surface area contributed by atoms with Gasteiger partial charge in [0, 0.05) is 6.04 Å². The van der Waals surface area contributed by atoms with Gasteiger partial charge in [0.1, 0.15) is 0 Å². The summed E-state index contributed by atoms with van der Waals surface area (Å²) in [7, 11) is 0. The van der Waals surface area contributed by atoms with Gasteiger partial charge in [-0.15, -0.1) is 0 Å². The highest BCUT2D eigenvalue weighted by molar-refractivity contribution is 4.86. The van der Waals surface area contributed by atoms with Gasteiger partial charge in [0.2, 0.25) is 0 Å². The van der Waals surface area contributed by atoms with Gasteiger partial charge in [0.05, 0.1) is 0 Å². The molecule has 2 fully saturated rings. The lowest BCUT2D eigenvalue weighted by Crippen LogP contribution is -2.34. The predicted molar refractivity (Wildman–Crippen MR) is 64.3 cm³/mol. The Bertz CT molecular complexity index is 183. The summed E-state index contributed by atoms with van der Waals surface area (Å²) in [6.45, 7) is 0. The van der Waals surface area contributed by atoms with Crippen LogP contribution in [0, 0.1) is 5.41 Å². The van der Waals surface area contributed by atoms with Gasteiger partial charge in [-0.3, -0.25) is 11.3 Å². The molecule has 0 aromatic carbocycles. The number of hydrazine groups is 1. The number of hydrogen-bond donors (Lipinski definition) is 2. The van der Waals surface area contributed by atoms with Gasteiger partial charge < -0.3 is 0 Å². The summed E-state index contributed by atoms with van der Waals surface area (Å²) in [4.78, 5) is 0. The van der Waals surface area contributed by atoms with Crippen molar-refractivity contribution in [3.05, 3.63) is 0 Å². The van der Waals surface area contributed by atoms with E-state index in [1.54, 1.807) is 0 Å². The second-order valence-corrected chi connectivity index (χ2v) is 5.71. The molecule has 0 aromatic rings. The van der Waals surface area contributed by atoms with Crippen molar-refractivity contribution in [2.24, 2.45) is 11.3 Å². The SMILES string of the molecule is NNC1CCCC2(CCCCCC2)CC1. The molecule has 88 valence electrons. The van der Waals surface area contributed by atoms with Crippen LogP contribution in [0.5, 0.6) is 0 Å². The van der Waals surface area contributed by atoms with Gasteiger partial charge in [-0.25, -0.2) is 0 Å². The smallest absolute Gasteiger partial charge is 0.0210 e. The summed E-state index contributed by atoms with van der Waals surface area (Å²) in [5.41, 5.74) is 3.69. The molecule has 1 unspecified atom stereocenters. The van der Waals surface area contributed by atoms with E-state index in [1.165, 1.54) is 70.6 Å². The maximum atomic E-state index is 5.57. The van der Waals surface area contributed by atoms with E-state index >= 15 is 0 Å². The molecule has 0 heterocycles. The number of hydrogen-bond acceptors (Lipinski definition) is 2. The Labute approximate surface area is 94.0 Å². The number of nitrogens with one attached hydrogen (secondary N) is 1. The van der Waals surface area contributed by atoms with E-state index < -0.39 is 0 Å². The summed E-state index contributed by atoms with van der Waals surface area (Å²) in [6.07, 6.45) is 15.7. The first kappa shape index (κ1) is 11.4. The Morgan fingerprint density at radius 2 is 1.47 bits per heavy atom. The van der Waals surface area contributed by atoms with E-state index in [0.29, 0.717) is 11.5 Å². The van der Waals surface area contributed by atoms with Crippen molar-refractivity contribution in [3.8, 4) is 0 Å². The van der Waals surface area contributed by atoms with Crippen molar-refractivity contribution >= 4 is 0 Å². The molecule has 15 heavy (non-hydrogen) atoms. The molecule has 2 nitrogen and oxygen atoms in total. The minimum atomic E-state index is 0.590. The van der Waals surface area contributed by atoms with Gasteiger partial charge in [0.15, 0.2) is 0 Å². The molecule has 1 atom stereocenters. The summed E-state index contributed by atoms with van der Waals surface area (Å²) in [5, 5.41) is 0. The minimum Gasteiger partial charge on any atom is -0.271 e. The van der Waals surface area contributed by atoms with Crippen LogP contribution in [0.1, 0.15) is 70.6 Å². The molecule has 3 N–H and O–H groups in total. The van der Waals surface area contributed by atoms with Crippen LogP contribution in [0.3, 0.4) is 0 Å². The van der Waals surface area contributed by atoms with Crippen molar-refractivity contribution in [3.63, 3.8) is 0 Å². The van der Waals surface area contributed by atoms with Gasteiger partial charge in [0.25, 0.3) is 0 Å². The van der Waals surface area contributed by atoms with E-state index in [9.17, 15) is 0 Å². The number of nitrogens with two attached hydrogens (primary N) is 1. The second-order valence-electron chi connectivity index (χ2n) is 5.71. The van der Waals surface area contributed by atoms with Crippen molar-refractivity contribution in [1.29, 1.82) is 0 Å². The zero-order chi connectivity index (χ0) is 10.6. The lowest BCUT2D eigenvalue weighted by molar-refractivity contribution is 0.205. The highest BCUT2D eigenvalue weighted by atomic mass is 15.2. The summed E-state index contributed by atoms with van der Waals surface area (Å²) in [6, 6.07) is 0.590. The third-order valence-electron chi connectivity index (χ3n) is 4.68. The van der Waals surface area contributed by atoms with E-state index in [-0.39, 0.29) is 0 Å². The molecule has 0 aliphatic heterocycles. The normalized spacial score (nSPS) is 32.2. The highest BCUT2D eigenvalue weighted by Crippen LogP contribution is 2.45. The van der Waals surface area contributed by atoms with Crippen LogP contribution in [-0.2, 0) is 0 Å². The van der Waals surface area contributed by atoms with Crippen LogP contribution >= 0.6 is 0 Å². The first-order valence-corrected chi connectivity index (χ1v) is 6.81. The standard InChI is InChI=1S/C13H26N2/c14-15-12-6-5-10-13(11-7-12)8-3-1-2-4-9-13/h12,15H,1-11,14H2. The average molecular weight is 210 g/mol. The third-order valence-corrected chi connectivity index (χ3v) is 4.68. The lowest BCUT2D eigenvalue weighted by atomic mass is 9.74. The second kappa shape index (κ2) is 5.31. The molecular formula is C13H26N2. The van der Waals surface area contributed by atoms with Crippen LogP contribution in [0.15, 0.2) is 0 Å². The molecule has 0 saturated heterocycles. The van der Waals surface area contributed by atoms with Crippen molar-refractivity contribution < 1.29 is 0 Å². The molecule has 0 amide bonds. The molecule has 0 aromatic heterocycles. The van der Waals surface area contributed by atoms with Crippen molar-refractivity contribution in [2.45, 2.75) is 76.7 Å². The van der Waals surface area contributed by atoms with Crippen LogP contribution in [0.25, 0.3) is 0 Å². The predicted octanol–water partition coefficient (Wildman–Crippen LogP) is 3.12. The molecule has 2 saturated carbocycles. The Balaban J connectivity index is 1.94. The zero-order valence-electron chi connectivity index (χ0n) is 9.93. The molecule has 2 aliphatic carbocycles. The third kappa shape index (κ3) is 2.94. The Hall–Kier alpha value is -0.0800. The maximum absolute atomic E-state index is 5.57. The van der Waals surface area contributed by atoms with Crippen LogP contribution in [0.4, 0.5) is 0 Å². The first-order chi connectivity index (χ1) is 7.35. The van der Waals surface area contributed by atoms with Crippen molar-refractivity contribution in [1.82, 2.24) is 5.43 Å². The van der Waals surface area contributed by atoms with E-state index in [4.69, 9.17) is 5.84 Å². The molecular weight excluding hydrogens is 184 g/mol. The fourth-order valence-electron chi connectivity index (χ4n) is 3.62. The Kier molecular flexibility index (Phi) is 4.04. The Morgan fingerprint density at radius 1 is 0.800 bits per heavy atom. The molecule has 2 aliphatic rings. The maximum Gasteiger partial charge on any atom is 0.0210 e. The van der Waals surface area contributed by atoms with Gasteiger partial charge >= 0.3 is 0 Å². The topological polar surface area (TPSA) is 38.0 Å². The highest BCUT2D eigenvalue weighted by Gasteiger charge is 2.32. The number of rotatable bonds is 1. The van der Waals surface area contributed by atoms with Gasteiger partial charge in [-0.2, -0.15) is 0 Å². The van der Waals surface area contributed by atoms with E-state index in [1.807, 2.05) is 0 Å². The van der Waals surface area contributed by atoms with E-state index in [0.717, 1.165) is 0 Å². The fourth-order valence-corrected chi connectivity index (χ4v) is 3.62. The van der Waals surface area contributed by atoms with Gasteiger partial charge in [-0.05, 0) is 43.9 Å². The molecule has 1 spiro atoms. The fraction of sp³-hybridized carbons (Fsp3) is 1.00. The monoisotopic (exact) mass is 210 g/mol.